The van der Waals surface area contributed by atoms with Crippen molar-refractivity contribution in [3.63, 3.8) is 0 Å². The van der Waals surface area contributed by atoms with Crippen LogP contribution in [0.2, 0.25) is 0 Å². The predicted molar refractivity (Wildman–Crippen MR) is 103 cm³/mol. The van der Waals surface area contributed by atoms with Gasteiger partial charge in [-0.25, -0.2) is 0 Å². The highest BCUT2D eigenvalue weighted by Crippen LogP contribution is 2.29. The van der Waals surface area contributed by atoms with E-state index in [9.17, 15) is 9.59 Å². The summed E-state index contributed by atoms with van der Waals surface area (Å²) in [7, 11) is 0. The number of nitrogens with one attached hydrogen (secondary N) is 1. The zero-order valence-electron chi connectivity index (χ0n) is 15.2. The van der Waals surface area contributed by atoms with Gasteiger partial charge in [-0.15, -0.1) is 16.4 Å². The van der Waals surface area contributed by atoms with Crippen molar-refractivity contribution < 1.29 is 14.0 Å². The molecule has 3 aromatic heterocycles. The van der Waals surface area contributed by atoms with E-state index in [1.54, 1.807) is 17.5 Å². The third-order valence-corrected chi connectivity index (χ3v) is 5.05. The summed E-state index contributed by atoms with van der Waals surface area (Å²) in [6.45, 7) is 5.85. The van der Waals surface area contributed by atoms with Crippen LogP contribution in [-0.2, 0) is 11.3 Å². The monoisotopic (exact) mass is 404 g/mol. The lowest BCUT2D eigenvalue weighted by molar-refractivity contribution is -0.127. The van der Waals surface area contributed by atoms with Gasteiger partial charge < -0.3 is 14.6 Å². The fourth-order valence-electron chi connectivity index (χ4n) is 2.56. The highest BCUT2D eigenvalue weighted by molar-refractivity contribution is 7.10. The van der Waals surface area contributed by atoms with Crippen LogP contribution in [0.4, 0.5) is 0 Å². The van der Waals surface area contributed by atoms with Crippen molar-refractivity contribution in [2.75, 3.05) is 0 Å². The lowest BCUT2D eigenvalue weighted by Crippen LogP contribution is -2.49. The van der Waals surface area contributed by atoms with E-state index in [-0.39, 0.29) is 24.1 Å². The van der Waals surface area contributed by atoms with Crippen LogP contribution in [0.5, 0.6) is 0 Å². The molecule has 0 saturated heterocycles. The Labute approximate surface area is 165 Å². The minimum Gasteiger partial charge on any atom is -0.467 e. The maximum absolute atomic E-state index is 13.2. The van der Waals surface area contributed by atoms with Crippen LogP contribution in [-0.4, -0.2) is 31.8 Å². The van der Waals surface area contributed by atoms with Crippen LogP contribution in [0.25, 0.3) is 0 Å². The van der Waals surface area contributed by atoms with E-state index in [1.807, 2.05) is 38.3 Å². The lowest BCUT2D eigenvalue weighted by Gasteiger charge is -2.32. The second-order valence-corrected chi connectivity index (χ2v) is 8.55. The number of furan rings is 1. The van der Waals surface area contributed by atoms with Gasteiger partial charge in [-0.2, -0.15) is 0 Å². The van der Waals surface area contributed by atoms with Crippen molar-refractivity contribution >= 4 is 34.7 Å². The molecule has 0 saturated carbocycles. The Morgan fingerprint density at radius 3 is 2.67 bits per heavy atom. The normalized spacial score (nSPS) is 12.6. The molecule has 9 heteroatoms. The Kier molecular flexibility index (Phi) is 5.71. The molecule has 0 aromatic carbocycles. The van der Waals surface area contributed by atoms with E-state index in [1.165, 1.54) is 22.5 Å². The van der Waals surface area contributed by atoms with Crippen LogP contribution >= 0.6 is 22.9 Å². The largest absolute Gasteiger partial charge is 0.467 e. The van der Waals surface area contributed by atoms with Gasteiger partial charge in [0.1, 0.15) is 11.8 Å². The quantitative estimate of drug-likeness (QED) is 0.679. The number of carbonyl (C=O) groups is 2. The average molecular weight is 405 g/mol. The van der Waals surface area contributed by atoms with Gasteiger partial charge in [0.25, 0.3) is 5.91 Å². The molecule has 2 amide bonds. The van der Waals surface area contributed by atoms with Crippen LogP contribution in [0.1, 0.15) is 47.9 Å². The Balaban J connectivity index is 2.01. The molecule has 3 heterocycles. The number of rotatable bonds is 6. The summed E-state index contributed by atoms with van der Waals surface area (Å²) in [5, 5.41) is 10.3. The van der Waals surface area contributed by atoms with Gasteiger partial charge in [-0.3, -0.25) is 9.59 Å². The number of carbonyl (C=O) groups excluding carboxylic acids is 2. The number of aromatic nitrogens is 2. The molecule has 142 valence electrons. The van der Waals surface area contributed by atoms with Crippen LogP contribution in [0, 0.1) is 0 Å². The number of hydrogen-bond donors (Lipinski definition) is 1. The van der Waals surface area contributed by atoms with E-state index < -0.39 is 11.6 Å². The van der Waals surface area contributed by atoms with Crippen LogP contribution in [0.3, 0.4) is 0 Å². The summed E-state index contributed by atoms with van der Waals surface area (Å²) in [5.41, 5.74) is -0.231. The summed E-state index contributed by atoms with van der Waals surface area (Å²) in [5.74, 6) is -0.0488. The van der Waals surface area contributed by atoms with Gasteiger partial charge in [-0.05, 0) is 55.9 Å². The molecule has 0 aliphatic rings. The average Bonchev–Trinajstić information content (AvgIpc) is 3.34. The third kappa shape index (κ3) is 4.81. The molecule has 7 nitrogen and oxygen atoms in total. The first-order valence-corrected chi connectivity index (χ1v) is 10.0. The van der Waals surface area contributed by atoms with E-state index in [2.05, 4.69) is 14.9 Å². The Bertz CT molecular complexity index is 869. The number of hydrogen-bond acceptors (Lipinski definition) is 7. The maximum Gasteiger partial charge on any atom is 0.276 e. The highest BCUT2D eigenvalue weighted by Gasteiger charge is 2.35. The minimum atomic E-state index is -0.802. The second-order valence-electron chi connectivity index (χ2n) is 6.96. The van der Waals surface area contributed by atoms with E-state index in [0.717, 1.165) is 16.4 Å². The Morgan fingerprint density at radius 1 is 1.30 bits per heavy atom. The summed E-state index contributed by atoms with van der Waals surface area (Å²) in [4.78, 5) is 28.5. The number of thiophene rings is 1. The van der Waals surface area contributed by atoms with E-state index in [4.69, 9.17) is 4.42 Å². The van der Waals surface area contributed by atoms with Crippen molar-refractivity contribution in [2.45, 2.75) is 38.9 Å². The summed E-state index contributed by atoms with van der Waals surface area (Å²) in [6, 6.07) is 6.42. The fourth-order valence-corrected chi connectivity index (χ4v) is 3.83. The summed E-state index contributed by atoms with van der Waals surface area (Å²) in [6.07, 6.45) is 1.54. The van der Waals surface area contributed by atoms with Crippen molar-refractivity contribution in [1.82, 2.24) is 19.8 Å². The molecule has 3 rings (SSSR count). The lowest BCUT2D eigenvalue weighted by atomic mass is 10.1. The molecular weight excluding hydrogens is 384 g/mol. The summed E-state index contributed by atoms with van der Waals surface area (Å²) < 4.78 is 9.20. The van der Waals surface area contributed by atoms with Gasteiger partial charge in [0.15, 0.2) is 5.69 Å². The Morgan fingerprint density at radius 2 is 2.11 bits per heavy atom. The maximum atomic E-state index is 13.2. The molecule has 0 bridgehead atoms. The first-order chi connectivity index (χ1) is 12.8. The van der Waals surface area contributed by atoms with Gasteiger partial charge in [0, 0.05) is 15.8 Å². The third-order valence-electron chi connectivity index (χ3n) is 3.62. The highest BCUT2D eigenvalue weighted by atomic mass is 32.1. The van der Waals surface area contributed by atoms with E-state index in [0.29, 0.717) is 5.76 Å². The predicted octanol–water partition coefficient (Wildman–Crippen LogP) is 3.49. The zero-order chi connectivity index (χ0) is 19.4. The molecule has 3 aromatic rings. The van der Waals surface area contributed by atoms with Crippen molar-refractivity contribution in [2.24, 2.45) is 0 Å². The Hall–Kier alpha value is -2.52. The first-order valence-electron chi connectivity index (χ1n) is 8.31. The molecule has 0 aliphatic carbocycles. The number of amides is 2. The minimum absolute atomic E-state index is 0.142. The molecule has 1 N–H and O–H groups in total. The van der Waals surface area contributed by atoms with E-state index >= 15 is 0 Å². The van der Waals surface area contributed by atoms with Gasteiger partial charge in [-0.1, -0.05) is 10.6 Å². The van der Waals surface area contributed by atoms with Crippen molar-refractivity contribution in [1.29, 1.82) is 0 Å². The topological polar surface area (TPSA) is 88.3 Å². The smallest absolute Gasteiger partial charge is 0.276 e. The van der Waals surface area contributed by atoms with Gasteiger partial charge in [0.2, 0.25) is 5.91 Å². The molecular formula is C18H20N4O3S2. The van der Waals surface area contributed by atoms with Crippen molar-refractivity contribution in [3.05, 3.63) is 57.6 Å². The molecule has 0 fully saturated rings. The molecule has 1 atom stereocenters. The standard InChI is InChI=1S/C18H20N4O3S2/c1-18(2,3)19-16(23)15(14-7-5-9-26-14)22(10-12-6-4-8-25-12)17(24)13-11-27-21-20-13/h4-9,11,15H,10H2,1-3H3,(H,19,23)/t15-/m0/s1. The van der Waals surface area contributed by atoms with Crippen LogP contribution < -0.4 is 5.32 Å². The first kappa shape index (κ1) is 19.2. The molecule has 27 heavy (non-hydrogen) atoms. The zero-order valence-corrected chi connectivity index (χ0v) is 16.8. The van der Waals surface area contributed by atoms with Gasteiger partial charge >= 0.3 is 0 Å². The number of nitrogens with zero attached hydrogens (tertiary/aromatic N) is 3. The molecule has 0 unspecified atom stereocenters. The SMILES string of the molecule is CC(C)(C)NC(=O)[C@H](c1cccs1)N(Cc1ccco1)C(=O)c1csnn1. The molecule has 0 spiro atoms. The molecule has 0 aliphatic heterocycles. The van der Waals surface area contributed by atoms with Crippen LogP contribution in [0.15, 0.2) is 45.7 Å². The second kappa shape index (κ2) is 8.01. The molecule has 0 radical (unpaired) electrons. The fraction of sp³-hybridized carbons (Fsp3) is 0.333. The van der Waals surface area contributed by atoms with Crippen molar-refractivity contribution in [3.8, 4) is 0 Å². The van der Waals surface area contributed by atoms with Gasteiger partial charge in [0.05, 0.1) is 12.8 Å². The summed E-state index contributed by atoms with van der Waals surface area (Å²) >= 11 is 2.51.